The standard InChI is InChI=1S/C11H7FO3/c12-10-8(13)6-9(15-11(10)14)7-4-2-1-3-5-7/h1-6,13H. The van der Waals surface area contributed by atoms with Crippen LogP contribution in [0.2, 0.25) is 0 Å². The van der Waals surface area contributed by atoms with Gasteiger partial charge in [0.25, 0.3) is 0 Å². The molecule has 2 rings (SSSR count). The Morgan fingerprint density at radius 3 is 2.47 bits per heavy atom. The van der Waals surface area contributed by atoms with Crippen LogP contribution in [0.3, 0.4) is 0 Å². The van der Waals surface area contributed by atoms with Crippen molar-refractivity contribution in [1.29, 1.82) is 0 Å². The average Bonchev–Trinajstić information content (AvgIpc) is 2.26. The average molecular weight is 206 g/mol. The molecular formula is C11H7FO3. The van der Waals surface area contributed by atoms with Gasteiger partial charge in [-0.2, -0.15) is 4.39 Å². The number of hydrogen-bond acceptors (Lipinski definition) is 3. The third kappa shape index (κ3) is 1.74. The van der Waals surface area contributed by atoms with Crippen molar-refractivity contribution in [2.75, 3.05) is 0 Å². The summed E-state index contributed by atoms with van der Waals surface area (Å²) in [5.41, 5.74) is -0.571. The van der Waals surface area contributed by atoms with Gasteiger partial charge in [-0.1, -0.05) is 30.3 Å². The van der Waals surface area contributed by atoms with E-state index in [4.69, 9.17) is 5.11 Å². The Balaban J connectivity index is 2.61. The summed E-state index contributed by atoms with van der Waals surface area (Å²) >= 11 is 0. The van der Waals surface area contributed by atoms with Gasteiger partial charge in [0.15, 0.2) is 5.75 Å². The maximum absolute atomic E-state index is 12.8. The molecule has 0 saturated heterocycles. The fourth-order valence-corrected chi connectivity index (χ4v) is 1.21. The zero-order valence-electron chi connectivity index (χ0n) is 7.61. The highest BCUT2D eigenvalue weighted by Crippen LogP contribution is 2.22. The Morgan fingerprint density at radius 1 is 1.20 bits per heavy atom. The van der Waals surface area contributed by atoms with Gasteiger partial charge in [-0.15, -0.1) is 0 Å². The zero-order chi connectivity index (χ0) is 10.8. The van der Waals surface area contributed by atoms with E-state index in [1.54, 1.807) is 30.3 Å². The topological polar surface area (TPSA) is 50.4 Å². The molecule has 4 heteroatoms. The summed E-state index contributed by atoms with van der Waals surface area (Å²) in [5, 5.41) is 9.11. The smallest absolute Gasteiger partial charge is 0.376 e. The van der Waals surface area contributed by atoms with E-state index in [9.17, 15) is 9.18 Å². The van der Waals surface area contributed by atoms with Crippen LogP contribution in [-0.2, 0) is 0 Å². The minimum Gasteiger partial charge on any atom is -0.505 e. The molecule has 0 atom stereocenters. The predicted molar refractivity (Wildman–Crippen MR) is 52.0 cm³/mol. The highest BCUT2D eigenvalue weighted by atomic mass is 19.1. The van der Waals surface area contributed by atoms with Gasteiger partial charge in [0.1, 0.15) is 5.76 Å². The van der Waals surface area contributed by atoms with Gasteiger partial charge < -0.3 is 9.52 Å². The minimum absolute atomic E-state index is 0.138. The Morgan fingerprint density at radius 2 is 1.87 bits per heavy atom. The van der Waals surface area contributed by atoms with Crippen LogP contribution < -0.4 is 5.63 Å². The van der Waals surface area contributed by atoms with Crippen LogP contribution in [-0.4, -0.2) is 5.11 Å². The first kappa shape index (κ1) is 9.45. The SMILES string of the molecule is O=c1oc(-c2ccccc2)cc(O)c1F. The number of rotatable bonds is 1. The summed E-state index contributed by atoms with van der Waals surface area (Å²) in [6, 6.07) is 9.74. The summed E-state index contributed by atoms with van der Waals surface area (Å²) in [7, 11) is 0. The van der Waals surface area contributed by atoms with Crippen LogP contribution in [0.15, 0.2) is 45.6 Å². The Kier molecular flexibility index (Phi) is 2.25. The van der Waals surface area contributed by atoms with E-state index in [0.717, 1.165) is 6.07 Å². The predicted octanol–water partition coefficient (Wildman–Crippen LogP) is 2.15. The molecule has 0 bridgehead atoms. The lowest BCUT2D eigenvalue weighted by atomic mass is 10.1. The molecule has 0 unspecified atom stereocenters. The normalized spacial score (nSPS) is 10.2. The zero-order valence-corrected chi connectivity index (χ0v) is 7.61. The maximum Gasteiger partial charge on any atom is 0.376 e. The number of benzene rings is 1. The molecule has 3 nitrogen and oxygen atoms in total. The van der Waals surface area contributed by atoms with Crippen LogP contribution in [0.1, 0.15) is 0 Å². The van der Waals surface area contributed by atoms with Crippen molar-refractivity contribution in [3.8, 4) is 17.1 Å². The third-order valence-corrected chi connectivity index (χ3v) is 1.93. The first-order valence-corrected chi connectivity index (χ1v) is 4.26. The van der Waals surface area contributed by atoms with Crippen molar-refractivity contribution in [3.63, 3.8) is 0 Å². The molecule has 1 aromatic carbocycles. The number of aromatic hydroxyl groups is 1. The summed E-state index contributed by atoms with van der Waals surface area (Å²) < 4.78 is 17.5. The second kappa shape index (κ2) is 3.57. The Hall–Kier alpha value is -2.10. The van der Waals surface area contributed by atoms with E-state index >= 15 is 0 Å². The van der Waals surface area contributed by atoms with Crippen molar-refractivity contribution < 1.29 is 13.9 Å². The second-order valence-electron chi connectivity index (χ2n) is 2.96. The molecular weight excluding hydrogens is 199 g/mol. The highest BCUT2D eigenvalue weighted by Gasteiger charge is 2.10. The monoisotopic (exact) mass is 206 g/mol. The van der Waals surface area contributed by atoms with Crippen molar-refractivity contribution in [3.05, 3.63) is 52.6 Å². The number of hydrogen-bond donors (Lipinski definition) is 1. The molecule has 1 heterocycles. The summed E-state index contributed by atoms with van der Waals surface area (Å²) in [6.45, 7) is 0. The largest absolute Gasteiger partial charge is 0.505 e. The third-order valence-electron chi connectivity index (χ3n) is 1.93. The summed E-state index contributed by atoms with van der Waals surface area (Å²) in [5.74, 6) is -1.83. The maximum atomic E-state index is 12.8. The Labute approximate surface area is 84.4 Å². The molecule has 2 aromatic rings. The summed E-state index contributed by atoms with van der Waals surface area (Å²) in [6.07, 6.45) is 0. The molecule has 0 saturated carbocycles. The highest BCUT2D eigenvalue weighted by molar-refractivity contribution is 5.58. The first-order valence-electron chi connectivity index (χ1n) is 4.26. The lowest BCUT2D eigenvalue weighted by Gasteiger charge is -2.00. The molecule has 1 aromatic heterocycles. The molecule has 0 aliphatic carbocycles. The summed E-state index contributed by atoms with van der Waals surface area (Å²) in [4.78, 5) is 10.9. The van der Waals surface area contributed by atoms with Crippen LogP contribution in [0.25, 0.3) is 11.3 Å². The van der Waals surface area contributed by atoms with Crippen molar-refractivity contribution in [2.24, 2.45) is 0 Å². The lowest BCUT2D eigenvalue weighted by Crippen LogP contribution is -2.04. The fourth-order valence-electron chi connectivity index (χ4n) is 1.21. The molecule has 0 aliphatic heterocycles. The van der Waals surface area contributed by atoms with Gasteiger partial charge in [0.05, 0.1) is 0 Å². The Bertz CT molecular complexity index is 531. The molecule has 15 heavy (non-hydrogen) atoms. The molecule has 1 N–H and O–H groups in total. The van der Waals surface area contributed by atoms with Crippen molar-refractivity contribution >= 4 is 0 Å². The molecule has 0 fully saturated rings. The van der Waals surface area contributed by atoms with Gasteiger partial charge in [0.2, 0.25) is 5.82 Å². The van der Waals surface area contributed by atoms with Gasteiger partial charge >= 0.3 is 5.63 Å². The first-order chi connectivity index (χ1) is 7.18. The van der Waals surface area contributed by atoms with E-state index in [1.807, 2.05) is 0 Å². The van der Waals surface area contributed by atoms with E-state index in [1.165, 1.54) is 0 Å². The van der Waals surface area contributed by atoms with Crippen molar-refractivity contribution in [1.82, 2.24) is 0 Å². The second-order valence-corrected chi connectivity index (χ2v) is 2.96. The molecule has 0 radical (unpaired) electrons. The molecule has 0 amide bonds. The molecule has 76 valence electrons. The molecule has 0 spiro atoms. The van der Waals surface area contributed by atoms with E-state index in [2.05, 4.69) is 4.42 Å². The van der Waals surface area contributed by atoms with E-state index < -0.39 is 17.2 Å². The lowest BCUT2D eigenvalue weighted by molar-refractivity contribution is 0.390. The quantitative estimate of drug-likeness (QED) is 0.777. The van der Waals surface area contributed by atoms with Crippen molar-refractivity contribution in [2.45, 2.75) is 0 Å². The van der Waals surface area contributed by atoms with Gasteiger partial charge in [-0.25, -0.2) is 4.79 Å². The van der Waals surface area contributed by atoms with Crippen LogP contribution in [0, 0.1) is 5.82 Å². The van der Waals surface area contributed by atoms with E-state index in [0.29, 0.717) is 5.56 Å². The molecule has 0 aliphatic rings. The van der Waals surface area contributed by atoms with Crippen LogP contribution in [0.4, 0.5) is 4.39 Å². The number of halogens is 1. The van der Waals surface area contributed by atoms with Gasteiger partial charge in [-0.3, -0.25) is 0 Å². The van der Waals surface area contributed by atoms with E-state index in [-0.39, 0.29) is 5.76 Å². The van der Waals surface area contributed by atoms with Crippen LogP contribution >= 0.6 is 0 Å². The van der Waals surface area contributed by atoms with Crippen LogP contribution in [0.5, 0.6) is 5.75 Å². The van der Waals surface area contributed by atoms with Gasteiger partial charge in [0, 0.05) is 11.6 Å². The fraction of sp³-hybridized carbons (Fsp3) is 0. The minimum atomic E-state index is -1.27. The van der Waals surface area contributed by atoms with Gasteiger partial charge in [-0.05, 0) is 0 Å².